The second-order valence-electron chi connectivity index (χ2n) is 4.22. The first-order chi connectivity index (χ1) is 9.65. The molecule has 2 heterocycles. The molecule has 0 N–H and O–H groups in total. The third-order valence-corrected chi connectivity index (χ3v) is 4.18. The van der Waals surface area contributed by atoms with E-state index in [2.05, 4.69) is 5.10 Å². The summed E-state index contributed by atoms with van der Waals surface area (Å²) in [7, 11) is 0. The van der Waals surface area contributed by atoms with Crippen LogP contribution in [0.25, 0.3) is 10.8 Å². The minimum Gasteiger partial charge on any atom is -0.291 e. The Morgan fingerprint density at radius 3 is 2.80 bits per heavy atom. The molecule has 2 aromatic heterocycles. The van der Waals surface area contributed by atoms with Gasteiger partial charge in [0.25, 0.3) is 5.56 Å². The van der Waals surface area contributed by atoms with Crippen LogP contribution in [0.3, 0.4) is 0 Å². The number of ketones is 1. The van der Waals surface area contributed by atoms with Gasteiger partial charge in [0.1, 0.15) is 6.54 Å². The molecule has 0 saturated carbocycles. The number of carbonyl (C=O) groups excluding carboxylic acids is 1. The normalized spacial score (nSPS) is 10.8. The number of carbonyl (C=O) groups is 1. The summed E-state index contributed by atoms with van der Waals surface area (Å²) in [6, 6.07) is 10.5. The topological polar surface area (TPSA) is 52.0 Å². The van der Waals surface area contributed by atoms with Crippen LogP contribution in [0.1, 0.15) is 9.67 Å². The summed E-state index contributed by atoms with van der Waals surface area (Å²) < 4.78 is 1.73. The first-order valence-electron chi connectivity index (χ1n) is 5.88. The van der Waals surface area contributed by atoms with Gasteiger partial charge in [-0.25, -0.2) is 4.68 Å². The molecule has 0 radical (unpaired) electrons. The molecule has 0 saturated heterocycles. The average Bonchev–Trinajstić information content (AvgIpc) is 2.89. The van der Waals surface area contributed by atoms with Gasteiger partial charge in [-0.05, 0) is 18.2 Å². The number of thiophene rings is 1. The molecule has 0 aliphatic heterocycles. The molecule has 0 unspecified atom stereocenters. The zero-order chi connectivity index (χ0) is 14.1. The second kappa shape index (κ2) is 5.19. The zero-order valence-electron chi connectivity index (χ0n) is 10.2. The highest BCUT2D eigenvalue weighted by Gasteiger charge is 2.12. The van der Waals surface area contributed by atoms with Gasteiger partial charge in [-0.2, -0.15) is 5.10 Å². The van der Waals surface area contributed by atoms with E-state index >= 15 is 0 Å². The molecule has 6 heteroatoms. The summed E-state index contributed by atoms with van der Waals surface area (Å²) in [5.74, 6) is -0.174. The van der Waals surface area contributed by atoms with Crippen molar-refractivity contribution in [1.29, 1.82) is 0 Å². The number of nitrogens with zero attached hydrogens (tertiary/aromatic N) is 2. The SMILES string of the molecule is O=C(Cn1ncc2ccccc2c1=O)c1ccc(Cl)s1. The number of hydrogen-bond acceptors (Lipinski definition) is 4. The zero-order valence-corrected chi connectivity index (χ0v) is 11.8. The number of aromatic nitrogens is 2. The minimum atomic E-state index is -0.265. The van der Waals surface area contributed by atoms with Crippen LogP contribution in [0.5, 0.6) is 0 Å². The number of fused-ring (bicyclic) bond motifs is 1. The Morgan fingerprint density at radius 2 is 2.05 bits per heavy atom. The van der Waals surface area contributed by atoms with Gasteiger partial charge in [0.2, 0.25) is 0 Å². The van der Waals surface area contributed by atoms with Gasteiger partial charge in [-0.1, -0.05) is 29.8 Å². The number of benzene rings is 1. The third-order valence-electron chi connectivity index (χ3n) is 2.90. The van der Waals surface area contributed by atoms with E-state index in [0.717, 1.165) is 5.39 Å². The Hall–Kier alpha value is -1.98. The maximum absolute atomic E-state index is 12.2. The van der Waals surface area contributed by atoms with Crippen molar-refractivity contribution in [3.8, 4) is 0 Å². The Kier molecular flexibility index (Phi) is 3.38. The minimum absolute atomic E-state index is 0.0828. The summed E-state index contributed by atoms with van der Waals surface area (Å²) in [6.45, 7) is -0.0828. The number of halogens is 1. The van der Waals surface area contributed by atoms with E-state index in [9.17, 15) is 9.59 Å². The molecule has 0 aliphatic rings. The quantitative estimate of drug-likeness (QED) is 0.699. The van der Waals surface area contributed by atoms with Crippen LogP contribution in [-0.4, -0.2) is 15.6 Å². The van der Waals surface area contributed by atoms with E-state index in [1.165, 1.54) is 16.0 Å². The van der Waals surface area contributed by atoms with Crippen molar-refractivity contribution in [3.05, 3.63) is 62.2 Å². The molecule has 0 spiro atoms. The second-order valence-corrected chi connectivity index (χ2v) is 5.94. The van der Waals surface area contributed by atoms with Crippen LogP contribution < -0.4 is 5.56 Å². The highest BCUT2D eigenvalue weighted by atomic mass is 35.5. The Labute approximate surface area is 123 Å². The Balaban J connectivity index is 1.97. The molecule has 0 aliphatic carbocycles. The number of Topliss-reactive ketones (excluding diaryl/α,β-unsaturated/α-hetero) is 1. The molecule has 3 aromatic rings. The molecular formula is C14H9ClN2O2S. The first-order valence-corrected chi connectivity index (χ1v) is 7.08. The highest BCUT2D eigenvalue weighted by molar-refractivity contribution is 7.18. The molecule has 100 valence electrons. The number of hydrogen-bond donors (Lipinski definition) is 0. The fourth-order valence-corrected chi connectivity index (χ4v) is 2.89. The Bertz CT molecular complexity index is 854. The standard InChI is InChI=1S/C14H9ClN2O2S/c15-13-6-5-12(20-13)11(18)8-17-14(19)10-4-2-1-3-9(10)7-16-17/h1-7H,8H2. The molecular weight excluding hydrogens is 296 g/mol. The predicted octanol–water partition coefficient (Wildman–Crippen LogP) is 2.99. The predicted molar refractivity (Wildman–Crippen MR) is 79.7 cm³/mol. The maximum Gasteiger partial charge on any atom is 0.275 e. The Morgan fingerprint density at radius 1 is 1.25 bits per heavy atom. The lowest BCUT2D eigenvalue weighted by molar-refractivity contribution is 0.0970. The largest absolute Gasteiger partial charge is 0.291 e. The van der Waals surface area contributed by atoms with E-state index in [0.29, 0.717) is 14.6 Å². The molecule has 20 heavy (non-hydrogen) atoms. The molecule has 1 aromatic carbocycles. The molecule has 3 rings (SSSR count). The summed E-state index contributed by atoms with van der Waals surface area (Å²) in [4.78, 5) is 24.8. The van der Waals surface area contributed by atoms with Crippen molar-refractivity contribution in [3.63, 3.8) is 0 Å². The van der Waals surface area contributed by atoms with E-state index in [4.69, 9.17) is 11.6 Å². The van der Waals surface area contributed by atoms with Gasteiger partial charge in [0.15, 0.2) is 5.78 Å². The van der Waals surface area contributed by atoms with Gasteiger partial charge < -0.3 is 0 Å². The van der Waals surface area contributed by atoms with Gasteiger partial charge in [0.05, 0.1) is 20.8 Å². The summed E-state index contributed by atoms with van der Waals surface area (Å²) in [5, 5.41) is 5.35. The van der Waals surface area contributed by atoms with Crippen LogP contribution in [0.4, 0.5) is 0 Å². The van der Waals surface area contributed by atoms with Crippen LogP contribution >= 0.6 is 22.9 Å². The number of rotatable bonds is 3. The van der Waals surface area contributed by atoms with E-state index in [-0.39, 0.29) is 17.9 Å². The fraction of sp³-hybridized carbons (Fsp3) is 0.0714. The van der Waals surface area contributed by atoms with Gasteiger partial charge in [-0.15, -0.1) is 11.3 Å². The lowest BCUT2D eigenvalue weighted by Gasteiger charge is -2.04. The van der Waals surface area contributed by atoms with Crippen molar-refractivity contribution in [2.24, 2.45) is 0 Å². The van der Waals surface area contributed by atoms with Gasteiger partial charge in [0, 0.05) is 5.39 Å². The molecule has 0 atom stereocenters. The smallest absolute Gasteiger partial charge is 0.275 e. The molecule has 4 nitrogen and oxygen atoms in total. The van der Waals surface area contributed by atoms with E-state index in [1.807, 2.05) is 12.1 Å². The highest BCUT2D eigenvalue weighted by Crippen LogP contribution is 2.22. The van der Waals surface area contributed by atoms with Gasteiger partial charge >= 0.3 is 0 Å². The lowest BCUT2D eigenvalue weighted by atomic mass is 10.2. The van der Waals surface area contributed by atoms with Crippen LogP contribution in [-0.2, 0) is 6.54 Å². The monoisotopic (exact) mass is 304 g/mol. The van der Waals surface area contributed by atoms with Crippen molar-refractivity contribution in [2.75, 3.05) is 0 Å². The summed E-state index contributed by atoms with van der Waals surface area (Å²) >= 11 is 7.00. The summed E-state index contributed by atoms with van der Waals surface area (Å²) in [5.41, 5.74) is -0.265. The van der Waals surface area contributed by atoms with E-state index in [1.54, 1.807) is 30.5 Å². The maximum atomic E-state index is 12.2. The van der Waals surface area contributed by atoms with Crippen LogP contribution in [0.15, 0.2) is 47.4 Å². The van der Waals surface area contributed by atoms with Crippen LogP contribution in [0.2, 0.25) is 4.34 Å². The van der Waals surface area contributed by atoms with Crippen molar-refractivity contribution < 1.29 is 4.79 Å². The fourth-order valence-electron chi connectivity index (χ4n) is 1.92. The van der Waals surface area contributed by atoms with Crippen molar-refractivity contribution in [2.45, 2.75) is 6.54 Å². The molecule has 0 bridgehead atoms. The first kappa shape index (κ1) is 13.0. The molecule has 0 fully saturated rings. The lowest BCUT2D eigenvalue weighted by Crippen LogP contribution is -2.26. The van der Waals surface area contributed by atoms with Crippen molar-refractivity contribution >= 4 is 39.5 Å². The van der Waals surface area contributed by atoms with Gasteiger partial charge in [-0.3, -0.25) is 9.59 Å². The molecule has 0 amide bonds. The van der Waals surface area contributed by atoms with Crippen LogP contribution in [0, 0.1) is 0 Å². The summed E-state index contributed by atoms with van der Waals surface area (Å²) in [6.07, 6.45) is 1.59. The average molecular weight is 305 g/mol. The van der Waals surface area contributed by atoms with E-state index < -0.39 is 0 Å². The third kappa shape index (κ3) is 2.37. The van der Waals surface area contributed by atoms with Crippen molar-refractivity contribution in [1.82, 2.24) is 9.78 Å².